The first-order valence-corrected chi connectivity index (χ1v) is 11.9. The maximum Gasteiger partial charge on any atom is 0.292 e. The van der Waals surface area contributed by atoms with E-state index in [4.69, 9.17) is 0 Å². The first-order chi connectivity index (χ1) is 15.0. The van der Waals surface area contributed by atoms with E-state index in [0.717, 1.165) is 22.0 Å². The number of carbonyl (C=O) groups is 1. The largest absolute Gasteiger partial charge is 0.319 e. The van der Waals surface area contributed by atoms with E-state index in [1.807, 2.05) is 48.7 Å². The smallest absolute Gasteiger partial charge is 0.292 e. The van der Waals surface area contributed by atoms with Gasteiger partial charge in [-0.3, -0.25) is 19.1 Å². The molecule has 1 N–H and O–H groups in total. The number of benzene rings is 1. The van der Waals surface area contributed by atoms with Crippen LogP contribution >= 0.6 is 0 Å². The predicted molar refractivity (Wildman–Crippen MR) is 119 cm³/mol. The lowest BCUT2D eigenvalue weighted by molar-refractivity contribution is 0.101. The highest BCUT2D eigenvalue weighted by atomic mass is 32.2. The zero-order valence-corrected chi connectivity index (χ0v) is 17.5. The maximum absolute atomic E-state index is 13.2. The van der Waals surface area contributed by atoms with Crippen molar-refractivity contribution in [2.75, 3.05) is 29.9 Å². The summed E-state index contributed by atoms with van der Waals surface area (Å²) in [4.78, 5) is 24.0. The van der Waals surface area contributed by atoms with Gasteiger partial charge in [0.05, 0.1) is 22.7 Å². The Bertz CT molecular complexity index is 1380. The van der Waals surface area contributed by atoms with Crippen LogP contribution in [-0.2, 0) is 16.4 Å². The third-order valence-corrected chi connectivity index (χ3v) is 7.18. The number of aromatic nitrogens is 3. The number of nitrogens with zero attached hydrogens (tertiary/aromatic N) is 4. The van der Waals surface area contributed by atoms with Gasteiger partial charge in [-0.2, -0.15) is 0 Å². The summed E-state index contributed by atoms with van der Waals surface area (Å²) in [5.74, 6) is 0.295. The molecule has 9 heteroatoms. The molecule has 5 rings (SSSR count). The molecule has 1 fully saturated rings. The maximum atomic E-state index is 13.2. The van der Waals surface area contributed by atoms with Gasteiger partial charge in [-0.15, -0.1) is 0 Å². The van der Waals surface area contributed by atoms with E-state index < -0.39 is 9.84 Å². The Morgan fingerprint density at radius 2 is 1.90 bits per heavy atom. The van der Waals surface area contributed by atoms with Crippen molar-refractivity contribution < 1.29 is 13.2 Å². The zero-order valence-electron chi connectivity index (χ0n) is 16.7. The molecule has 0 saturated carbocycles. The monoisotopic (exact) mass is 435 g/mol. The first-order valence-electron chi connectivity index (χ1n) is 10.0. The van der Waals surface area contributed by atoms with E-state index in [-0.39, 0.29) is 17.4 Å². The van der Waals surface area contributed by atoms with Gasteiger partial charge in [0.25, 0.3) is 5.91 Å². The van der Waals surface area contributed by atoms with Gasteiger partial charge in [0.2, 0.25) is 5.82 Å². The Labute approximate surface area is 179 Å². The quantitative estimate of drug-likeness (QED) is 0.529. The fourth-order valence-corrected chi connectivity index (χ4v) is 5.19. The number of fused-ring (bicyclic) bond motifs is 2. The summed E-state index contributed by atoms with van der Waals surface area (Å²) in [7, 11) is -2.95. The Hall–Kier alpha value is -3.30. The second kappa shape index (κ2) is 7.75. The highest BCUT2D eigenvalue weighted by molar-refractivity contribution is 7.91. The van der Waals surface area contributed by atoms with E-state index >= 15 is 0 Å². The predicted octanol–water partition coefficient (Wildman–Crippen LogP) is 2.37. The molecule has 0 unspecified atom stereocenters. The molecule has 0 bridgehead atoms. The van der Waals surface area contributed by atoms with Crippen molar-refractivity contribution in [2.45, 2.75) is 6.54 Å². The molecule has 1 aliphatic heterocycles. The van der Waals surface area contributed by atoms with Crippen molar-refractivity contribution in [3.05, 3.63) is 72.6 Å². The number of nitrogens with one attached hydrogen (secondary N) is 1. The van der Waals surface area contributed by atoms with Crippen LogP contribution in [0, 0.1) is 0 Å². The van der Waals surface area contributed by atoms with Crippen LogP contribution in [0.1, 0.15) is 16.3 Å². The molecule has 31 heavy (non-hydrogen) atoms. The number of hydrogen-bond acceptors (Lipinski definition) is 6. The number of imidazole rings is 1. The SMILES string of the molecule is O=C(Nc1cccc2cnccc12)c1nc(CN2CCS(=O)(=O)CC2)c2ccccn12. The van der Waals surface area contributed by atoms with Gasteiger partial charge >= 0.3 is 0 Å². The van der Waals surface area contributed by atoms with Gasteiger partial charge in [-0.1, -0.05) is 18.2 Å². The molecular weight excluding hydrogens is 414 g/mol. The van der Waals surface area contributed by atoms with Gasteiger partial charge in [0.1, 0.15) is 0 Å². The van der Waals surface area contributed by atoms with Crippen molar-refractivity contribution in [3.63, 3.8) is 0 Å². The number of rotatable bonds is 4. The van der Waals surface area contributed by atoms with Gasteiger partial charge in [0.15, 0.2) is 9.84 Å². The van der Waals surface area contributed by atoms with E-state index in [0.29, 0.717) is 31.1 Å². The summed E-state index contributed by atoms with van der Waals surface area (Å²) in [5.41, 5.74) is 2.29. The minimum atomic E-state index is -2.95. The van der Waals surface area contributed by atoms with E-state index in [1.165, 1.54) is 0 Å². The number of hydrogen-bond donors (Lipinski definition) is 1. The molecule has 4 heterocycles. The third-order valence-electron chi connectivity index (χ3n) is 5.57. The van der Waals surface area contributed by atoms with Gasteiger partial charge < -0.3 is 5.32 Å². The topological polar surface area (TPSA) is 96.7 Å². The Balaban J connectivity index is 1.45. The van der Waals surface area contributed by atoms with E-state index in [9.17, 15) is 13.2 Å². The third kappa shape index (κ3) is 3.89. The molecule has 0 aliphatic carbocycles. The molecule has 4 aromatic rings. The molecule has 1 amide bonds. The average molecular weight is 436 g/mol. The van der Waals surface area contributed by atoms with Crippen LogP contribution in [0.2, 0.25) is 0 Å². The lowest BCUT2D eigenvalue weighted by atomic mass is 10.1. The molecule has 0 spiro atoms. The summed E-state index contributed by atoms with van der Waals surface area (Å²) in [5, 5.41) is 4.82. The zero-order chi connectivity index (χ0) is 21.4. The van der Waals surface area contributed by atoms with E-state index in [2.05, 4.69) is 20.2 Å². The Kier molecular flexibility index (Phi) is 4.91. The number of sulfone groups is 1. The van der Waals surface area contributed by atoms with Crippen molar-refractivity contribution >= 4 is 37.7 Å². The first kappa shape index (κ1) is 19.7. The normalized spacial score (nSPS) is 16.5. The average Bonchev–Trinajstić information content (AvgIpc) is 3.14. The number of anilines is 1. The highest BCUT2D eigenvalue weighted by Crippen LogP contribution is 2.23. The lowest BCUT2D eigenvalue weighted by Gasteiger charge is -2.25. The van der Waals surface area contributed by atoms with Crippen LogP contribution in [0.25, 0.3) is 16.3 Å². The van der Waals surface area contributed by atoms with Crippen molar-refractivity contribution in [3.8, 4) is 0 Å². The van der Waals surface area contributed by atoms with Crippen LogP contribution in [-0.4, -0.2) is 58.2 Å². The minimum Gasteiger partial charge on any atom is -0.319 e. The summed E-state index contributed by atoms with van der Waals surface area (Å²) < 4.78 is 25.2. The molecule has 3 aromatic heterocycles. The van der Waals surface area contributed by atoms with Crippen molar-refractivity contribution in [1.82, 2.24) is 19.3 Å². The lowest BCUT2D eigenvalue weighted by Crippen LogP contribution is -2.39. The van der Waals surface area contributed by atoms with Gasteiger partial charge in [0, 0.05) is 54.7 Å². The van der Waals surface area contributed by atoms with Crippen LogP contribution in [0.3, 0.4) is 0 Å². The van der Waals surface area contributed by atoms with Crippen LogP contribution in [0.5, 0.6) is 0 Å². The summed E-state index contributed by atoms with van der Waals surface area (Å²) in [6, 6.07) is 13.2. The molecule has 158 valence electrons. The summed E-state index contributed by atoms with van der Waals surface area (Å²) in [6.45, 7) is 1.44. The fraction of sp³-hybridized carbons (Fsp3) is 0.227. The number of amides is 1. The van der Waals surface area contributed by atoms with E-state index in [1.54, 1.807) is 16.8 Å². The summed E-state index contributed by atoms with van der Waals surface area (Å²) >= 11 is 0. The minimum absolute atomic E-state index is 0.155. The number of pyridine rings is 2. The standard InChI is InChI=1S/C22H21N5O3S/c28-22(25-18-5-3-4-16-14-23-8-7-17(16)18)21-24-19(20-6-1-2-9-27(20)21)15-26-10-12-31(29,30)13-11-26/h1-9,14H,10-13,15H2,(H,25,28). The van der Waals surface area contributed by atoms with Crippen molar-refractivity contribution in [1.29, 1.82) is 0 Å². The second-order valence-electron chi connectivity index (χ2n) is 7.62. The van der Waals surface area contributed by atoms with Gasteiger partial charge in [-0.25, -0.2) is 13.4 Å². The Morgan fingerprint density at radius 3 is 2.74 bits per heavy atom. The highest BCUT2D eigenvalue weighted by Gasteiger charge is 2.24. The molecule has 8 nitrogen and oxygen atoms in total. The molecule has 1 saturated heterocycles. The van der Waals surface area contributed by atoms with Crippen molar-refractivity contribution in [2.24, 2.45) is 0 Å². The molecule has 1 aromatic carbocycles. The van der Waals surface area contributed by atoms with Crippen LogP contribution < -0.4 is 5.32 Å². The van der Waals surface area contributed by atoms with Crippen LogP contribution in [0.15, 0.2) is 61.1 Å². The second-order valence-corrected chi connectivity index (χ2v) is 9.93. The summed E-state index contributed by atoms with van der Waals surface area (Å²) in [6.07, 6.45) is 5.26. The molecule has 1 aliphatic rings. The van der Waals surface area contributed by atoms with Gasteiger partial charge in [-0.05, 0) is 24.3 Å². The molecule has 0 radical (unpaired) electrons. The Morgan fingerprint density at radius 1 is 1.06 bits per heavy atom. The molecular formula is C22H21N5O3S. The fourth-order valence-electron chi connectivity index (χ4n) is 3.91. The number of carbonyl (C=O) groups excluding carboxylic acids is 1. The molecule has 0 atom stereocenters. The van der Waals surface area contributed by atoms with Crippen LogP contribution in [0.4, 0.5) is 5.69 Å².